The van der Waals surface area contributed by atoms with Crippen molar-refractivity contribution in [3.8, 4) is 0 Å². The molecule has 0 saturated carbocycles. The Hall–Kier alpha value is -2.44. The molecule has 0 aliphatic rings. The number of nitrogens with zero attached hydrogens (tertiary/aromatic N) is 3. The number of aryl methyl sites for hydroxylation is 1. The summed E-state index contributed by atoms with van der Waals surface area (Å²) in [6.07, 6.45) is 0. The highest BCUT2D eigenvalue weighted by Gasteiger charge is 2.23. The Morgan fingerprint density at radius 3 is 2.68 bits per heavy atom. The molecule has 3 aromatic rings. The summed E-state index contributed by atoms with van der Waals surface area (Å²) < 4.78 is 29.7. The highest BCUT2D eigenvalue weighted by Crippen LogP contribution is 2.25. The number of benzene rings is 1. The van der Waals surface area contributed by atoms with E-state index in [9.17, 15) is 18.7 Å². The molecule has 0 unspecified atom stereocenters. The van der Waals surface area contributed by atoms with Gasteiger partial charge in [0.25, 0.3) is 0 Å². The molecular formula is C12H9F2N3O2. The summed E-state index contributed by atoms with van der Waals surface area (Å²) in [7, 11) is 1.62. The predicted molar refractivity (Wildman–Crippen MR) is 63.3 cm³/mol. The lowest BCUT2D eigenvalue weighted by Crippen LogP contribution is -2.04. The minimum atomic E-state index is -1.17. The van der Waals surface area contributed by atoms with Crippen molar-refractivity contribution in [3.63, 3.8) is 0 Å². The molecule has 2 heterocycles. The van der Waals surface area contributed by atoms with Crippen LogP contribution in [-0.2, 0) is 7.05 Å². The Balaban J connectivity index is 2.63. The minimum absolute atomic E-state index is 0.0468. The van der Waals surface area contributed by atoms with Crippen LogP contribution < -0.4 is 0 Å². The van der Waals surface area contributed by atoms with Crippen LogP contribution in [0.1, 0.15) is 16.2 Å². The van der Waals surface area contributed by atoms with Crippen LogP contribution in [0.4, 0.5) is 8.78 Å². The topological polar surface area (TPSA) is 59.5 Å². The average Bonchev–Trinajstić information content (AvgIpc) is 2.78. The first-order valence-corrected chi connectivity index (χ1v) is 5.47. The highest BCUT2D eigenvalue weighted by molar-refractivity contribution is 5.92. The first-order valence-electron chi connectivity index (χ1n) is 5.47. The second kappa shape index (κ2) is 3.53. The van der Waals surface area contributed by atoms with E-state index in [4.69, 9.17) is 0 Å². The van der Waals surface area contributed by atoms with E-state index in [0.29, 0.717) is 5.69 Å². The number of aromatic nitrogens is 3. The fourth-order valence-electron chi connectivity index (χ4n) is 2.26. The molecule has 0 radical (unpaired) electrons. The average molecular weight is 265 g/mol. The lowest BCUT2D eigenvalue weighted by atomic mass is 10.3. The number of aromatic carboxylic acids is 1. The second-order valence-corrected chi connectivity index (χ2v) is 4.30. The number of carboxylic acid groups (broad SMARTS) is 1. The first kappa shape index (κ1) is 11.6. The van der Waals surface area contributed by atoms with Gasteiger partial charge in [-0.25, -0.2) is 18.6 Å². The van der Waals surface area contributed by atoms with Gasteiger partial charge < -0.3 is 9.67 Å². The van der Waals surface area contributed by atoms with Gasteiger partial charge in [0.05, 0.1) is 5.52 Å². The molecule has 1 aromatic carbocycles. The smallest absolute Gasteiger partial charge is 0.354 e. The molecule has 98 valence electrons. The maximum atomic E-state index is 13.7. The molecule has 0 aliphatic heterocycles. The van der Waals surface area contributed by atoms with Crippen LogP contribution in [-0.4, -0.2) is 25.0 Å². The number of carboxylic acids is 1. The van der Waals surface area contributed by atoms with E-state index in [2.05, 4.69) is 4.98 Å². The van der Waals surface area contributed by atoms with Crippen molar-refractivity contribution >= 4 is 22.8 Å². The summed E-state index contributed by atoms with van der Waals surface area (Å²) in [6, 6.07) is 1.80. The number of hydrogen-bond donors (Lipinski definition) is 1. The first-order chi connectivity index (χ1) is 8.91. The monoisotopic (exact) mass is 265 g/mol. The minimum Gasteiger partial charge on any atom is -0.477 e. The third-order valence-corrected chi connectivity index (χ3v) is 3.23. The number of carbonyl (C=O) groups is 1. The lowest BCUT2D eigenvalue weighted by Gasteiger charge is -1.98. The summed E-state index contributed by atoms with van der Waals surface area (Å²) in [5.41, 5.74) is 0.467. The van der Waals surface area contributed by atoms with Crippen LogP contribution in [0.15, 0.2) is 12.1 Å². The van der Waals surface area contributed by atoms with Gasteiger partial charge in [-0.2, -0.15) is 0 Å². The van der Waals surface area contributed by atoms with Crippen LogP contribution in [0.2, 0.25) is 0 Å². The van der Waals surface area contributed by atoms with Crippen LogP contribution in [0.3, 0.4) is 0 Å². The number of fused-ring (bicyclic) bond motifs is 3. The van der Waals surface area contributed by atoms with Gasteiger partial charge in [-0.3, -0.25) is 4.40 Å². The van der Waals surface area contributed by atoms with E-state index in [1.165, 1.54) is 8.97 Å². The summed E-state index contributed by atoms with van der Waals surface area (Å²) in [5.74, 6) is -2.50. The van der Waals surface area contributed by atoms with Crippen LogP contribution in [0, 0.1) is 18.6 Å². The van der Waals surface area contributed by atoms with Gasteiger partial charge in [-0.1, -0.05) is 0 Å². The zero-order chi connectivity index (χ0) is 13.9. The third kappa shape index (κ3) is 1.38. The molecular weight excluding hydrogens is 256 g/mol. The van der Waals surface area contributed by atoms with Gasteiger partial charge in [-0.15, -0.1) is 0 Å². The number of imidazole rings is 2. The second-order valence-electron chi connectivity index (χ2n) is 4.30. The van der Waals surface area contributed by atoms with Crippen LogP contribution >= 0.6 is 0 Å². The van der Waals surface area contributed by atoms with E-state index < -0.39 is 17.6 Å². The Morgan fingerprint density at radius 1 is 1.37 bits per heavy atom. The Bertz CT molecular complexity index is 848. The van der Waals surface area contributed by atoms with Crippen LogP contribution in [0.5, 0.6) is 0 Å². The molecule has 0 bridgehead atoms. The maximum Gasteiger partial charge on any atom is 0.354 e. The van der Waals surface area contributed by atoms with Crippen molar-refractivity contribution < 1.29 is 18.7 Å². The number of halogens is 2. The fraction of sp³-hybridized carbons (Fsp3) is 0.167. The van der Waals surface area contributed by atoms with Gasteiger partial charge in [-0.05, 0) is 6.92 Å². The zero-order valence-electron chi connectivity index (χ0n) is 10.1. The van der Waals surface area contributed by atoms with Crippen molar-refractivity contribution in [2.45, 2.75) is 6.92 Å². The molecule has 0 aliphatic carbocycles. The third-order valence-electron chi connectivity index (χ3n) is 3.23. The van der Waals surface area contributed by atoms with Gasteiger partial charge >= 0.3 is 5.97 Å². The van der Waals surface area contributed by atoms with Crippen molar-refractivity contribution in [1.29, 1.82) is 0 Å². The van der Waals surface area contributed by atoms with Crippen molar-refractivity contribution in [3.05, 3.63) is 35.2 Å². The van der Waals surface area contributed by atoms with E-state index in [-0.39, 0.29) is 22.5 Å². The Kier molecular flexibility index (Phi) is 2.16. The molecule has 0 fully saturated rings. The normalized spacial score (nSPS) is 11.6. The molecule has 0 amide bonds. The highest BCUT2D eigenvalue weighted by atomic mass is 19.1. The number of hydrogen-bond acceptors (Lipinski definition) is 2. The van der Waals surface area contributed by atoms with E-state index in [0.717, 1.165) is 12.1 Å². The molecule has 2 aromatic heterocycles. The maximum absolute atomic E-state index is 13.7. The molecule has 19 heavy (non-hydrogen) atoms. The van der Waals surface area contributed by atoms with Gasteiger partial charge in [0.2, 0.25) is 5.78 Å². The van der Waals surface area contributed by atoms with Gasteiger partial charge in [0, 0.05) is 24.9 Å². The lowest BCUT2D eigenvalue weighted by molar-refractivity contribution is 0.0688. The van der Waals surface area contributed by atoms with Crippen molar-refractivity contribution in [1.82, 2.24) is 14.0 Å². The quantitative estimate of drug-likeness (QED) is 0.733. The molecule has 1 N–H and O–H groups in total. The van der Waals surface area contributed by atoms with Gasteiger partial charge in [0.1, 0.15) is 11.3 Å². The van der Waals surface area contributed by atoms with E-state index in [1.807, 2.05) is 0 Å². The molecule has 3 rings (SSSR count). The van der Waals surface area contributed by atoms with Crippen LogP contribution in [0.25, 0.3) is 16.8 Å². The van der Waals surface area contributed by atoms with E-state index in [1.54, 1.807) is 14.0 Å². The molecule has 0 saturated heterocycles. The SMILES string of the molecule is Cc1c(C(=O)O)n2c3cc(F)cc(F)c3nc2n1C. The standard InChI is InChI=1S/C12H9F2N3O2/c1-5-10(11(18)19)17-8-4-6(13)3-7(14)9(8)15-12(17)16(5)2/h3-4H,1-2H3,(H,18,19). The molecule has 0 spiro atoms. The zero-order valence-corrected chi connectivity index (χ0v) is 10.1. The molecule has 0 atom stereocenters. The summed E-state index contributed by atoms with van der Waals surface area (Å²) >= 11 is 0. The van der Waals surface area contributed by atoms with E-state index >= 15 is 0 Å². The fourth-order valence-corrected chi connectivity index (χ4v) is 2.26. The molecule has 7 heteroatoms. The molecule has 5 nitrogen and oxygen atoms in total. The van der Waals surface area contributed by atoms with Gasteiger partial charge in [0.15, 0.2) is 11.5 Å². The predicted octanol–water partition coefficient (Wildman–Crippen LogP) is 2.11. The number of rotatable bonds is 1. The summed E-state index contributed by atoms with van der Waals surface area (Å²) in [4.78, 5) is 15.4. The summed E-state index contributed by atoms with van der Waals surface area (Å²) in [6.45, 7) is 1.61. The Labute approximate surface area is 105 Å². The van der Waals surface area contributed by atoms with Crippen molar-refractivity contribution in [2.24, 2.45) is 7.05 Å². The summed E-state index contributed by atoms with van der Waals surface area (Å²) in [5, 5.41) is 9.24. The van der Waals surface area contributed by atoms with Crippen molar-refractivity contribution in [2.75, 3.05) is 0 Å². The largest absolute Gasteiger partial charge is 0.477 e. The Morgan fingerprint density at radius 2 is 2.05 bits per heavy atom.